The minimum Gasteiger partial charge on any atom is -0.399 e. The molecule has 1 aromatic carbocycles. The van der Waals surface area contributed by atoms with Crippen LogP contribution in [-0.2, 0) is 14.8 Å². The summed E-state index contributed by atoms with van der Waals surface area (Å²) in [5.74, 6) is -0.102. The second kappa shape index (κ2) is 7.11. The lowest BCUT2D eigenvalue weighted by molar-refractivity contribution is -0.120. The highest BCUT2D eigenvalue weighted by Crippen LogP contribution is 2.27. The second-order valence-corrected chi connectivity index (χ2v) is 9.86. The number of nitrogen functional groups attached to an aromatic ring is 1. The monoisotopic (exact) mass is 353 g/mol. The highest BCUT2D eigenvalue weighted by Gasteiger charge is 2.34. The number of hydrogen-bond acceptors (Lipinski definition) is 4. The van der Waals surface area contributed by atoms with Crippen molar-refractivity contribution < 1.29 is 13.2 Å². The van der Waals surface area contributed by atoms with Gasteiger partial charge in [-0.15, -0.1) is 0 Å². The topological polar surface area (TPSA) is 101 Å². The summed E-state index contributed by atoms with van der Waals surface area (Å²) in [6.07, 6.45) is 2.71. The molecule has 0 heterocycles. The first-order valence-corrected chi connectivity index (χ1v) is 9.75. The Morgan fingerprint density at radius 3 is 2.12 bits per heavy atom. The number of benzene rings is 1. The molecule has 1 fully saturated rings. The van der Waals surface area contributed by atoms with Crippen molar-refractivity contribution in [1.82, 2.24) is 4.72 Å². The number of sulfonamides is 1. The van der Waals surface area contributed by atoms with Crippen molar-refractivity contribution in [3.63, 3.8) is 0 Å². The Labute approximate surface area is 144 Å². The maximum Gasteiger partial charge on any atom is 0.227 e. The lowest BCUT2D eigenvalue weighted by atomic mass is 9.86. The fraction of sp³-hybridized carbons (Fsp3) is 0.588. The molecule has 1 amide bonds. The number of rotatable bonds is 4. The standard InChI is InChI=1S/C17H27N3O3S/c1-17(2,3)24(22,23)20-15-8-4-12(5-9-15)16(21)19-14-10-6-13(18)7-11-14/h6-7,10-12,15,20H,4-5,8-9,18H2,1-3H3,(H,19,21). The molecule has 1 aliphatic carbocycles. The van der Waals surface area contributed by atoms with E-state index in [2.05, 4.69) is 10.0 Å². The third kappa shape index (κ3) is 4.70. The highest BCUT2D eigenvalue weighted by molar-refractivity contribution is 7.90. The Bertz CT molecular complexity index is 670. The number of nitrogens with one attached hydrogen (secondary N) is 2. The normalized spacial score (nSPS) is 22.1. The van der Waals surface area contributed by atoms with E-state index >= 15 is 0 Å². The molecular formula is C17H27N3O3S. The molecular weight excluding hydrogens is 326 g/mol. The molecule has 0 aliphatic heterocycles. The molecule has 0 radical (unpaired) electrons. The van der Waals surface area contributed by atoms with Crippen LogP contribution in [0.25, 0.3) is 0 Å². The van der Waals surface area contributed by atoms with Gasteiger partial charge in [0.25, 0.3) is 0 Å². The molecule has 0 unspecified atom stereocenters. The molecule has 1 saturated carbocycles. The molecule has 0 spiro atoms. The molecule has 1 aromatic rings. The summed E-state index contributed by atoms with van der Waals surface area (Å²) >= 11 is 0. The zero-order valence-corrected chi connectivity index (χ0v) is 15.3. The van der Waals surface area contributed by atoms with E-state index in [1.807, 2.05) is 0 Å². The number of carbonyl (C=O) groups is 1. The quantitative estimate of drug-likeness (QED) is 0.724. The van der Waals surface area contributed by atoms with E-state index in [0.29, 0.717) is 31.4 Å². The third-order valence-corrected chi connectivity index (χ3v) is 6.66. The Morgan fingerprint density at radius 1 is 1.08 bits per heavy atom. The van der Waals surface area contributed by atoms with E-state index < -0.39 is 14.8 Å². The lowest BCUT2D eigenvalue weighted by Gasteiger charge is -2.30. The molecule has 134 valence electrons. The molecule has 1 aliphatic rings. The molecule has 0 atom stereocenters. The van der Waals surface area contributed by atoms with E-state index in [4.69, 9.17) is 5.73 Å². The van der Waals surface area contributed by atoms with Crippen molar-refractivity contribution in [3.05, 3.63) is 24.3 Å². The van der Waals surface area contributed by atoms with E-state index in [0.717, 1.165) is 5.69 Å². The van der Waals surface area contributed by atoms with Crippen LogP contribution in [0.15, 0.2) is 24.3 Å². The Kier molecular flexibility index (Phi) is 5.55. The van der Waals surface area contributed by atoms with Gasteiger partial charge in [0.1, 0.15) is 0 Å². The minimum atomic E-state index is -3.35. The zero-order valence-electron chi connectivity index (χ0n) is 14.5. The average molecular weight is 353 g/mol. The number of anilines is 2. The Morgan fingerprint density at radius 2 is 1.62 bits per heavy atom. The molecule has 7 heteroatoms. The summed E-state index contributed by atoms with van der Waals surface area (Å²) in [7, 11) is -3.35. The van der Waals surface area contributed by atoms with Crippen LogP contribution in [0.4, 0.5) is 11.4 Å². The van der Waals surface area contributed by atoms with Gasteiger partial charge in [0.2, 0.25) is 15.9 Å². The molecule has 24 heavy (non-hydrogen) atoms. The minimum absolute atomic E-state index is 0.0168. The van der Waals surface area contributed by atoms with E-state index in [1.165, 1.54) is 0 Å². The number of hydrogen-bond donors (Lipinski definition) is 3. The van der Waals surface area contributed by atoms with Gasteiger partial charge in [0, 0.05) is 23.3 Å². The summed E-state index contributed by atoms with van der Waals surface area (Å²) < 4.78 is 26.4. The maximum atomic E-state index is 12.3. The smallest absolute Gasteiger partial charge is 0.227 e. The van der Waals surface area contributed by atoms with Crippen LogP contribution in [0.5, 0.6) is 0 Å². The molecule has 0 saturated heterocycles. The zero-order chi connectivity index (χ0) is 18.0. The van der Waals surface area contributed by atoms with Crippen molar-refractivity contribution in [3.8, 4) is 0 Å². The van der Waals surface area contributed by atoms with Crippen LogP contribution in [0.3, 0.4) is 0 Å². The molecule has 0 aromatic heterocycles. The fourth-order valence-electron chi connectivity index (χ4n) is 2.68. The van der Waals surface area contributed by atoms with Gasteiger partial charge in [-0.1, -0.05) is 0 Å². The third-order valence-electron chi connectivity index (χ3n) is 4.40. The van der Waals surface area contributed by atoms with Crippen LogP contribution in [0.2, 0.25) is 0 Å². The van der Waals surface area contributed by atoms with Crippen LogP contribution >= 0.6 is 0 Å². The van der Waals surface area contributed by atoms with Gasteiger partial charge in [-0.2, -0.15) is 0 Å². The molecule has 0 bridgehead atoms. The van der Waals surface area contributed by atoms with Crippen LogP contribution < -0.4 is 15.8 Å². The second-order valence-electron chi connectivity index (χ2n) is 7.39. The first-order valence-electron chi connectivity index (χ1n) is 8.27. The molecule has 2 rings (SSSR count). The number of nitrogens with two attached hydrogens (primary N) is 1. The van der Waals surface area contributed by atoms with Gasteiger partial charge in [-0.05, 0) is 70.7 Å². The largest absolute Gasteiger partial charge is 0.399 e. The summed E-state index contributed by atoms with van der Waals surface area (Å²) in [5, 5.41) is 2.89. The van der Waals surface area contributed by atoms with Gasteiger partial charge in [-0.3, -0.25) is 4.79 Å². The van der Waals surface area contributed by atoms with Crippen LogP contribution in [-0.4, -0.2) is 25.1 Å². The van der Waals surface area contributed by atoms with Crippen molar-refractivity contribution in [1.29, 1.82) is 0 Å². The molecule has 6 nitrogen and oxygen atoms in total. The number of carbonyl (C=O) groups excluding carboxylic acids is 1. The van der Waals surface area contributed by atoms with Gasteiger partial charge < -0.3 is 11.1 Å². The first-order chi connectivity index (χ1) is 11.1. The maximum absolute atomic E-state index is 12.3. The van der Waals surface area contributed by atoms with Crippen molar-refractivity contribution >= 4 is 27.3 Å². The van der Waals surface area contributed by atoms with Gasteiger partial charge in [0.15, 0.2) is 0 Å². The predicted molar refractivity (Wildman–Crippen MR) is 97.0 cm³/mol. The first kappa shape index (κ1) is 18.7. The van der Waals surface area contributed by atoms with Gasteiger partial charge in [0.05, 0.1) is 4.75 Å². The van der Waals surface area contributed by atoms with E-state index in [-0.39, 0.29) is 17.9 Å². The van der Waals surface area contributed by atoms with Crippen LogP contribution in [0, 0.1) is 5.92 Å². The SMILES string of the molecule is CC(C)(C)S(=O)(=O)NC1CCC(C(=O)Nc2ccc(N)cc2)CC1. The average Bonchev–Trinajstić information content (AvgIpc) is 2.49. The van der Waals surface area contributed by atoms with Gasteiger partial charge in [-0.25, -0.2) is 13.1 Å². The number of amides is 1. The lowest BCUT2D eigenvalue weighted by Crippen LogP contribution is -2.46. The summed E-state index contributed by atoms with van der Waals surface area (Å²) in [6.45, 7) is 5.04. The van der Waals surface area contributed by atoms with Gasteiger partial charge >= 0.3 is 0 Å². The van der Waals surface area contributed by atoms with Crippen molar-refractivity contribution in [2.45, 2.75) is 57.2 Å². The fourth-order valence-corrected chi connectivity index (χ4v) is 3.71. The molecule has 4 N–H and O–H groups in total. The predicted octanol–water partition coefficient (Wildman–Crippen LogP) is 2.48. The highest BCUT2D eigenvalue weighted by atomic mass is 32.2. The Hall–Kier alpha value is -1.60. The van der Waals surface area contributed by atoms with Crippen LogP contribution in [0.1, 0.15) is 46.5 Å². The summed E-state index contributed by atoms with van der Waals surface area (Å²) in [6, 6.07) is 6.95. The van der Waals surface area contributed by atoms with Crippen molar-refractivity contribution in [2.24, 2.45) is 5.92 Å². The summed E-state index contributed by atoms with van der Waals surface area (Å²) in [4.78, 5) is 12.3. The summed E-state index contributed by atoms with van der Waals surface area (Å²) in [5.41, 5.74) is 7.01. The Balaban J connectivity index is 1.86. The van der Waals surface area contributed by atoms with E-state index in [1.54, 1.807) is 45.0 Å². The van der Waals surface area contributed by atoms with Crippen molar-refractivity contribution in [2.75, 3.05) is 11.1 Å². The van der Waals surface area contributed by atoms with E-state index in [9.17, 15) is 13.2 Å².